The summed E-state index contributed by atoms with van der Waals surface area (Å²) in [4.78, 5) is 13.5. The Bertz CT molecular complexity index is 302. The van der Waals surface area contributed by atoms with E-state index in [1.165, 1.54) is 19.3 Å². The van der Waals surface area contributed by atoms with Gasteiger partial charge in [0, 0.05) is 31.7 Å². The van der Waals surface area contributed by atoms with Gasteiger partial charge in [0.2, 0.25) is 5.91 Å². The van der Waals surface area contributed by atoms with Gasteiger partial charge < -0.3 is 15.0 Å². The van der Waals surface area contributed by atoms with Crippen molar-refractivity contribution in [2.24, 2.45) is 5.41 Å². The van der Waals surface area contributed by atoms with Crippen LogP contribution in [0.2, 0.25) is 0 Å². The predicted molar refractivity (Wildman–Crippen MR) is 71.4 cm³/mol. The molecule has 0 aromatic rings. The maximum absolute atomic E-state index is 11.8. The highest BCUT2D eigenvalue weighted by atomic mass is 16.5. The summed E-state index contributed by atoms with van der Waals surface area (Å²) in [6.45, 7) is 6.11. The monoisotopic (exact) mass is 254 g/mol. The molecule has 1 N–H and O–H groups in total. The number of nitrogens with zero attached hydrogens (tertiary/aromatic N) is 1. The molecule has 0 aliphatic heterocycles. The molecule has 2 atom stereocenters. The Morgan fingerprint density at radius 1 is 1.44 bits per heavy atom. The zero-order chi connectivity index (χ0) is 13.2. The summed E-state index contributed by atoms with van der Waals surface area (Å²) in [5.74, 6) is 0.187. The number of carbonyl (C=O) groups is 1. The van der Waals surface area contributed by atoms with Gasteiger partial charge in [-0.05, 0) is 33.1 Å². The van der Waals surface area contributed by atoms with Crippen LogP contribution in [0.3, 0.4) is 0 Å². The lowest BCUT2D eigenvalue weighted by Gasteiger charge is -2.61. The fourth-order valence-electron chi connectivity index (χ4n) is 3.25. The molecule has 2 aliphatic rings. The van der Waals surface area contributed by atoms with Crippen LogP contribution in [0.15, 0.2) is 0 Å². The fourth-order valence-corrected chi connectivity index (χ4v) is 3.25. The third kappa shape index (κ3) is 2.28. The van der Waals surface area contributed by atoms with Crippen LogP contribution in [0.1, 0.15) is 39.5 Å². The van der Waals surface area contributed by atoms with Crippen LogP contribution in [0.5, 0.6) is 0 Å². The Kier molecular flexibility index (Phi) is 4.28. The van der Waals surface area contributed by atoms with Crippen LogP contribution in [-0.4, -0.2) is 49.7 Å². The average Bonchev–Trinajstić information content (AvgIpc) is 2.29. The van der Waals surface area contributed by atoms with Crippen molar-refractivity contribution >= 4 is 5.91 Å². The van der Waals surface area contributed by atoms with Crippen LogP contribution in [0.4, 0.5) is 0 Å². The van der Waals surface area contributed by atoms with Gasteiger partial charge in [-0.1, -0.05) is 6.42 Å². The molecule has 2 rings (SSSR count). The molecule has 0 bridgehead atoms. The number of hydrogen-bond donors (Lipinski definition) is 1. The second kappa shape index (κ2) is 5.57. The van der Waals surface area contributed by atoms with Crippen molar-refractivity contribution in [1.82, 2.24) is 10.2 Å². The summed E-state index contributed by atoms with van der Waals surface area (Å²) < 4.78 is 5.81. The van der Waals surface area contributed by atoms with Gasteiger partial charge in [-0.25, -0.2) is 0 Å². The lowest BCUT2D eigenvalue weighted by molar-refractivity contribution is -0.173. The molecule has 1 amide bonds. The van der Waals surface area contributed by atoms with Crippen LogP contribution in [0, 0.1) is 5.41 Å². The first-order valence-electron chi connectivity index (χ1n) is 7.23. The van der Waals surface area contributed by atoms with Crippen molar-refractivity contribution in [1.29, 1.82) is 0 Å². The molecular formula is C14H26N2O2. The van der Waals surface area contributed by atoms with E-state index in [0.717, 1.165) is 19.6 Å². The summed E-state index contributed by atoms with van der Waals surface area (Å²) in [7, 11) is 1.85. The van der Waals surface area contributed by atoms with Gasteiger partial charge in [0.25, 0.3) is 0 Å². The van der Waals surface area contributed by atoms with Gasteiger partial charge in [0.1, 0.15) is 0 Å². The van der Waals surface area contributed by atoms with Crippen molar-refractivity contribution < 1.29 is 9.53 Å². The lowest BCUT2D eigenvalue weighted by Crippen LogP contribution is -2.67. The van der Waals surface area contributed by atoms with Gasteiger partial charge in [-0.3, -0.25) is 4.79 Å². The second-order valence-corrected chi connectivity index (χ2v) is 5.61. The third-order valence-corrected chi connectivity index (χ3v) is 4.84. The van der Waals surface area contributed by atoms with Crippen LogP contribution in [0.25, 0.3) is 0 Å². The molecule has 0 saturated heterocycles. The molecule has 0 heterocycles. The maximum atomic E-state index is 11.8. The molecule has 2 aliphatic carbocycles. The Balaban J connectivity index is 1.79. The van der Waals surface area contributed by atoms with Gasteiger partial charge in [-0.15, -0.1) is 0 Å². The molecule has 0 radical (unpaired) electrons. The summed E-state index contributed by atoms with van der Waals surface area (Å²) in [5, 5.41) is 3.44. The van der Waals surface area contributed by atoms with Crippen molar-refractivity contribution in [3.05, 3.63) is 0 Å². The molecule has 104 valence electrons. The minimum Gasteiger partial charge on any atom is -0.378 e. The molecule has 4 nitrogen and oxygen atoms in total. The van der Waals surface area contributed by atoms with E-state index in [1.54, 1.807) is 4.90 Å². The molecule has 0 aromatic carbocycles. The standard InChI is InChI=1S/C14H26N2O2/c1-4-16(3)13(17)10-15-11-9-12(18-5-2)14(11)7-6-8-14/h11-12,15H,4-10H2,1-3H3. The molecule has 1 spiro atoms. The highest BCUT2D eigenvalue weighted by Gasteiger charge is 2.58. The van der Waals surface area contributed by atoms with E-state index in [0.29, 0.717) is 24.1 Å². The molecule has 4 heteroatoms. The first-order valence-corrected chi connectivity index (χ1v) is 7.23. The zero-order valence-electron chi connectivity index (χ0n) is 11.9. The smallest absolute Gasteiger partial charge is 0.236 e. The lowest BCUT2D eigenvalue weighted by atomic mass is 9.51. The molecule has 18 heavy (non-hydrogen) atoms. The van der Waals surface area contributed by atoms with Crippen molar-refractivity contribution in [3.8, 4) is 0 Å². The largest absolute Gasteiger partial charge is 0.378 e. The first kappa shape index (κ1) is 13.8. The fraction of sp³-hybridized carbons (Fsp3) is 0.929. The summed E-state index contributed by atoms with van der Waals surface area (Å²) >= 11 is 0. The van der Waals surface area contributed by atoms with Crippen LogP contribution < -0.4 is 5.32 Å². The highest BCUT2D eigenvalue weighted by Crippen LogP contribution is 2.57. The Morgan fingerprint density at radius 3 is 2.67 bits per heavy atom. The normalized spacial score (nSPS) is 28.6. The van der Waals surface area contributed by atoms with Gasteiger partial charge >= 0.3 is 0 Å². The number of hydrogen-bond acceptors (Lipinski definition) is 3. The predicted octanol–water partition coefficient (Wildman–Crippen LogP) is 1.40. The highest BCUT2D eigenvalue weighted by molar-refractivity contribution is 5.77. The minimum atomic E-state index is 0.187. The number of amides is 1. The molecule has 2 saturated carbocycles. The minimum absolute atomic E-state index is 0.187. The van der Waals surface area contributed by atoms with E-state index in [4.69, 9.17) is 4.74 Å². The maximum Gasteiger partial charge on any atom is 0.236 e. The van der Waals surface area contributed by atoms with Crippen molar-refractivity contribution in [2.75, 3.05) is 26.7 Å². The van der Waals surface area contributed by atoms with E-state index in [-0.39, 0.29) is 5.91 Å². The Labute approximate surface area is 110 Å². The molecule has 2 unspecified atom stereocenters. The van der Waals surface area contributed by atoms with E-state index in [9.17, 15) is 4.79 Å². The number of rotatable bonds is 6. The number of nitrogens with one attached hydrogen (secondary N) is 1. The van der Waals surface area contributed by atoms with Crippen molar-refractivity contribution in [2.45, 2.75) is 51.7 Å². The quantitative estimate of drug-likeness (QED) is 0.779. The number of ether oxygens (including phenoxy) is 1. The molecular weight excluding hydrogens is 228 g/mol. The second-order valence-electron chi connectivity index (χ2n) is 5.61. The van der Waals surface area contributed by atoms with Crippen molar-refractivity contribution in [3.63, 3.8) is 0 Å². The third-order valence-electron chi connectivity index (χ3n) is 4.84. The van der Waals surface area contributed by atoms with E-state index in [2.05, 4.69) is 12.2 Å². The first-order chi connectivity index (χ1) is 8.64. The summed E-state index contributed by atoms with van der Waals surface area (Å²) in [6, 6.07) is 0.483. The van der Waals surface area contributed by atoms with E-state index >= 15 is 0 Å². The van der Waals surface area contributed by atoms with Crippen LogP contribution >= 0.6 is 0 Å². The van der Waals surface area contributed by atoms with Gasteiger partial charge in [0.05, 0.1) is 12.6 Å². The molecule has 0 aromatic heterocycles. The SMILES string of the molecule is CCOC1CC(NCC(=O)N(C)CC)C12CCC2. The van der Waals surface area contributed by atoms with E-state index < -0.39 is 0 Å². The summed E-state index contributed by atoms with van der Waals surface area (Å²) in [5.41, 5.74) is 0.348. The Hall–Kier alpha value is -0.610. The average molecular weight is 254 g/mol. The molecule has 2 fully saturated rings. The van der Waals surface area contributed by atoms with Gasteiger partial charge in [-0.2, -0.15) is 0 Å². The number of likely N-dealkylation sites (N-methyl/N-ethyl adjacent to an activating group) is 1. The van der Waals surface area contributed by atoms with E-state index in [1.807, 2.05) is 14.0 Å². The van der Waals surface area contributed by atoms with Gasteiger partial charge in [0.15, 0.2) is 0 Å². The Morgan fingerprint density at radius 2 is 2.17 bits per heavy atom. The van der Waals surface area contributed by atoms with Crippen LogP contribution in [-0.2, 0) is 9.53 Å². The number of carbonyl (C=O) groups excluding carboxylic acids is 1. The topological polar surface area (TPSA) is 41.6 Å². The summed E-state index contributed by atoms with van der Waals surface area (Å²) in [6.07, 6.45) is 5.31. The zero-order valence-corrected chi connectivity index (χ0v) is 11.9.